The fraction of sp³-hybridized carbons (Fsp3) is 0.0769. The van der Waals surface area contributed by atoms with E-state index in [1.165, 1.54) is 13.1 Å². The molecule has 0 saturated carbocycles. The molecule has 0 aliphatic rings. The predicted octanol–water partition coefficient (Wildman–Crippen LogP) is 3.34. The molecule has 0 aromatic heterocycles. The minimum atomic E-state index is -3.56. The monoisotopic (exact) mass is 389 g/mol. The summed E-state index contributed by atoms with van der Waals surface area (Å²) in [5, 5.41) is 3.73. The Labute approximate surface area is 136 Å². The molecule has 0 aliphatic carbocycles. The van der Waals surface area contributed by atoms with Crippen LogP contribution in [0, 0.1) is 0 Å². The second kappa shape index (κ2) is 6.23. The molecule has 0 radical (unpaired) electrons. The molecule has 0 bridgehead atoms. The standard InChI is InChI=1S/C13H13BrClN3O2S/c1-17-21(19,20)13-5-3-9(7-12(13)16)18-8-2-4-11(15)10(14)6-8/h2-7,17-18H,16H2,1H3. The third-order valence-corrected chi connectivity index (χ3v) is 5.48. The number of nitrogen functional groups attached to an aromatic ring is 1. The highest BCUT2D eigenvalue weighted by Gasteiger charge is 2.15. The zero-order valence-electron chi connectivity index (χ0n) is 11.0. The lowest BCUT2D eigenvalue weighted by atomic mass is 10.2. The van der Waals surface area contributed by atoms with Gasteiger partial charge in [-0.05, 0) is 59.4 Å². The van der Waals surface area contributed by atoms with Crippen LogP contribution in [0.2, 0.25) is 5.02 Å². The molecular formula is C13H13BrClN3O2S. The van der Waals surface area contributed by atoms with Crippen molar-refractivity contribution in [2.75, 3.05) is 18.1 Å². The molecule has 21 heavy (non-hydrogen) atoms. The zero-order chi connectivity index (χ0) is 15.6. The molecule has 8 heteroatoms. The van der Waals surface area contributed by atoms with E-state index in [0.29, 0.717) is 10.7 Å². The molecule has 0 amide bonds. The smallest absolute Gasteiger partial charge is 0.242 e. The average Bonchev–Trinajstić information content (AvgIpc) is 2.43. The zero-order valence-corrected chi connectivity index (χ0v) is 14.2. The van der Waals surface area contributed by atoms with E-state index in [1.54, 1.807) is 18.2 Å². The Hall–Kier alpha value is -1.28. The first-order valence-electron chi connectivity index (χ1n) is 5.88. The summed E-state index contributed by atoms with van der Waals surface area (Å²) in [5.74, 6) is 0. The normalized spacial score (nSPS) is 11.4. The SMILES string of the molecule is CNS(=O)(=O)c1ccc(Nc2ccc(Cl)c(Br)c2)cc1N. The summed E-state index contributed by atoms with van der Waals surface area (Å²) in [6, 6.07) is 10.0. The lowest BCUT2D eigenvalue weighted by Crippen LogP contribution is -2.19. The molecule has 0 saturated heterocycles. The van der Waals surface area contributed by atoms with E-state index < -0.39 is 10.0 Å². The minimum absolute atomic E-state index is 0.0489. The molecule has 0 aliphatic heterocycles. The lowest BCUT2D eigenvalue weighted by molar-refractivity contribution is 0.588. The minimum Gasteiger partial charge on any atom is -0.398 e. The summed E-state index contributed by atoms with van der Waals surface area (Å²) in [5.41, 5.74) is 7.45. The van der Waals surface area contributed by atoms with Crippen molar-refractivity contribution in [2.24, 2.45) is 0 Å². The number of sulfonamides is 1. The summed E-state index contributed by atoms with van der Waals surface area (Å²) in [7, 11) is -2.22. The molecule has 2 aromatic carbocycles. The Morgan fingerprint density at radius 1 is 1.14 bits per heavy atom. The van der Waals surface area contributed by atoms with Crippen molar-refractivity contribution in [1.82, 2.24) is 4.72 Å². The Morgan fingerprint density at radius 2 is 1.76 bits per heavy atom. The molecule has 5 nitrogen and oxygen atoms in total. The van der Waals surface area contributed by atoms with Crippen LogP contribution >= 0.6 is 27.5 Å². The number of anilines is 3. The van der Waals surface area contributed by atoms with Crippen LogP contribution in [0.5, 0.6) is 0 Å². The van der Waals surface area contributed by atoms with Crippen molar-refractivity contribution in [1.29, 1.82) is 0 Å². The quantitative estimate of drug-likeness (QED) is 0.699. The van der Waals surface area contributed by atoms with Gasteiger partial charge >= 0.3 is 0 Å². The van der Waals surface area contributed by atoms with Crippen LogP contribution in [-0.4, -0.2) is 15.5 Å². The van der Waals surface area contributed by atoms with Gasteiger partial charge in [0.05, 0.1) is 10.7 Å². The first-order chi connectivity index (χ1) is 9.83. The molecule has 2 rings (SSSR count). The molecule has 0 heterocycles. The van der Waals surface area contributed by atoms with E-state index >= 15 is 0 Å². The first-order valence-corrected chi connectivity index (χ1v) is 8.54. The fourth-order valence-corrected chi connectivity index (χ4v) is 3.05. The number of hydrogen-bond acceptors (Lipinski definition) is 4. The number of nitrogens with one attached hydrogen (secondary N) is 2. The summed E-state index contributed by atoms with van der Waals surface area (Å²) < 4.78 is 26.5. The summed E-state index contributed by atoms with van der Waals surface area (Å²) >= 11 is 9.26. The van der Waals surface area contributed by atoms with Gasteiger partial charge in [0.15, 0.2) is 0 Å². The van der Waals surface area contributed by atoms with Crippen LogP contribution in [0.3, 0.4) is 0 Å². The molecular weight excluding hydrogens is 378 g/mol. The van der Waals surface area contributed by atoms with Gasteiger partial charge in [0.2, 0.25) is 10.0 Å². The highest BCUT2D eigenvalue weighted by Crippen LogP contribution is 2.29. The Bertz CT molecular complexity index is 781. The van der Waals surface area contributed by atoms with Crippen LogP contribution in [0.15, 0.2) is 45.8 Å². The second-order valence-electron chi connectivity index (χ2n) is 4.21. The largest absolute Gasteiger partial charge is 0.398 e. The van der Waals surface area contributed by atoms with Gasteiger partial charge in [0, 0.05) is 15.8 Å². The molecule has 0 unspecified atom stereocenters. The lowest BCUT2D eigenvalue weighted by Gasteiger charge is -2.11. The number of hydrogen-bond donors (Lipinski definition) is 3. The maximum atomic E-state index is 11.7. The van der Waals surface area contributed by atoms with Gasteiger partial charge in [-0.15, -0.1) is 0 Å². The van der Waals surface area contributed by atoms with Crippen LogP contribution in [0.25, 0.3) is 0 Å². The molecule has 4 N–H and O–H groups in total. The van der Waals surface area contributed by atoms with E-state index in [9.17, 15) is 8.42 Å². The average molecular weight is 391 g/mol. The van der Waals surface area contributed by atoms with E-state index in [1.807, 2.05) is 12.1 Å². The van der Waals surface area contributed by atoms with Gasteiger partial charge in [-0.1, -0.05) is 11.6 Å². The topological polar surface area (TPSA) is 84.2 Å². The number of benzene rings is 2. The maximum absolute atomic E-state index is 11.7. The maximum Gasteiger partial charge on any atom is 0.242 e. The van der Waals surface area contributed by atoms with Gasteiger partial charge in [0.25, 0.3) is 0 Å². The van der Waals surface area contributed by atoms with E-state index in [4.69, 9.17) is 17.3 Å². The van der Waals surface area contributed by atoms with E-state index in [2.05, 4.69) is 26.0 Å². The number of halogens is 2. The Morgan fingerprint density at radius 3 is 2.33 bits per heavy atom. The molecule has 0 spiro atoms. The molecule has 112 valence electrons. The van der Waals surface area contributed by atoms with Crippen LogP contribution in [-0.2, 0) is 10.0 Å². The summed E-state index contributed by atoms with van der Waals surface area (Å²) in [6.45, 7) is 0. The van der Waals surface area contributed by atoms with Crippen molar-refractivity contribution in [3.8, 4) is 0 Å². The predicted molar refractivity (Wildman–Crippen MR) is 89.5 cm³/mol. The number of nitrogens with two attached hydrogens (primary N) is 1. The van der Waals surface area contributed by atoms with Crippen LogP contribution in [0.4, 0.5) is 17.1 Å². The third-order valence-electron chi connectivity index (χ3n) is 2.78. The molecule has 2 aromatic rings. The van der Waals surface area contributed by atoms with Gasteiger partial charge in [-0.3, -0.25) is 0 Å². The third kappa shape index (κ3) is 3.68. The van der Waals surface area contributed by atoms with Crippen LogP contribution in [0.1, 0.15) is 0 Å². The van der Waals surface area contributed by atoms with Crippen molar-refractivity contribution >= 4 is 54.6 Å². The first kappa shape index (κ1) is 16.1. The van der Waals surface area contributed by atoms with Gasteiger partial charge in [-0.25, -0.2) is 13.1 Å². The second-order valence-corrected chi connectivity index (χ2v) is 7.33. The number of rotatable bonds is 4. The molecule has 0 fully saturated rings. The highest BCUT2D eigenvalue weighted by molar-refractivity contribution is 9.10. The van der Waals surface area contributed by atoms with E-state index in [-0.39, 0.29) is 10.6 Å². The summed E-state index contributed by atoms with van der Waals surface area (Å²) in [6.07, 6.45) is 0. The van der Waals surface area contributed by atoms with Crippen molar-refractivity contribution in [3.63, 3.8) is 0 Å². The Kier molecular flexibility index (Phi) is 4.77. The fourth-order valence-electron chi connectivity index (χ4n) is 1.72. The van der Waals surface area contributed by atoms with Gasteiger partial charge < -0.3 is 11.1 Å². The summed E-state index contributed by atoms with van der Waals surface area (Å²) in [4.78, 5) is 0.0489. The molecule has 0 atom stereocenters. The van der Waals surface area contributed by atoms with Crippen molar-refractivity contribution in [3.05, 3.63) is 45.9 Å². The Balaban J connectivity index is 2.30. The van der Waals surface area contributed by atoms with Crippen molar-refractivity contribution < 1.29 is 8.42 Å². The van der Waals surface area contributed by atoms with Crippen LogP contribution < -0.4 is 15.8 Å². The van der Waals surface area contributed by atoms with Gasteiger partial charge in [-0.2, -0.15) is 0 Å². The van der Waals surface area contributed by atoms with Crippen molar-refractivity contribution in [2.45, 2.75) is 4.90 Å². The van der Waals surface area contributed by atoms with E-state index in [0.717, 1.165) is 10.2 Å². The van der Waals surface area contributed by atoms with Gasteiger partial charge in [0.1, 0.15) is 4.90 Å². The highest BCUT2D eigenvalue weighted by atomic mass is 79.9.